The van der Waals surface area contributed by atoms with Gasteiger partial charge < -0.3 is 9.80 Å². The number of thiazole rings is 1. The Balaban J connectivity index is 1.12. The summed E-state index contributed by atoms with van der Waals surface area (Å²) in [5.41, 5.74) is 2.50. The van der Waals surface area contributed by atoms with Gasteiger partial charge in [-0.2, -0.15) is 0 Å². The van der Waals surface area contributed by atoms with Gasteiger partial charge >= 0.3 is 0 Å². The van der Waals surface area contributed by atoms with E-state index in [0.717, 1.165) is 68.9 Å². The second-order valence-corrected chi connectivity index (χ2v) is 9.69. The predicted molar refractivity (Wildman–Crippen MR) is 124 cm³/mol. The van der Waals surface area contributed by atoms with Gasteiger partial charge in [-0.3, -0.25) is 4.79 Å². The molecule has 1 amide bonds. The number of aromatic nitrogens is 1. The fourth-order valence-corrected chi connectivity index (χ4v) is 5.89. The molecule has 0 atom stereocenters. The highest BCUT2D eigenvalue weighted by atomic mass is 32.1. The Morgan fingerprint density at radius 1 is 0.900 bits per heavy atom. The summed E-state index contributed by atoms with van der Waals surface area (Å²) in [5, 5.41) is 1.10. The van der Waals surface area contributed by atoms with Crippen molar-refractivity contribution in [2.75, 3.05) is 31.1 Å². The van der Waals surface area contributed by atoms with Crippen LogP contribution in [0.25, 0.3) is 10.2 Å². The van der Waals surface area contributed by atoms with Gasteiger partial charge in [0.25, 0.3) is 0 Å². The third-order valence-electron chi connectivity index (χ3n) is 6.69. The summed E-state index contributed by atoms with van der Waals surface area (Å²) in [4.78, 5) is 22.4. The average molecular weight is 420 g/mol. The maximum Gasteiger partial charge on any atom is 0.225 e. The van der Waals surface area contributed by atoms with Crippen LogP contribution in [0.3, 0.4) is 0 Å². The fourth-order valence-electron chi connectivity index (χ4n) is 4.88. The standard InChI is InChI=1S/C25H29N3OS/c29-24(27-14-10-20(11-15-27)18-19-6-2-1-3-7-19)21-12-16-28(17-13-21)25-26-22-8-4-5-9-23(22)30-25/h1-9,20-21H,10-18H2. The average Bonchev–Trinajstić information content (AvgIpc) is 3.24. The molecule has 2 aliphatic rings. The summed E-state index contributed by atoms with van der Waals surface area (Å²) in [6.45, 7) is 3.71. The summed E-state index contributed by atoms with van der Waals surface area (Å²) in [7, 11) is 0. The van der Waals surface area contributed by atoms with E-state index in [1.54, 1.807) is 11.3 Å². The molecular formula is C25H29N3OS. The van der Waals surface area contributed by atoms with E-state index in [0.29, 0.717) is 11.8 Å². The molecule has 0 aliphatic carbocycles. The van der Waals surface area contributed by atoms with Crippen LogP contribution >= 0.6 is 11.3 Å². The van der Waals surface area contributed by atoms with Crippen molar-refractivity contribution in [1.82, 2.24) is 9.88 Å². The van der Waals surface area contributed by atoms with Crippen LogP contribution in [0.2, 0.25) is 0 Å². The number of amides is 1. The van der Waals surface area contributed by atoms with Crippen LogP contribution < -0.4 is 4.90 Å². The normalized spacial score (nSPS) is 18.8. The van der Waals surface area contributed by atoms with Gasteiger partial charge in [0.1, 0.15) is 0 Å². The van der Waals surface area contributed by atoms with E-state index < -0.39 is 0 Å². The van der Waals surface area contributed by atoms with Crippen LogP contribution in [0.1, 0.15) is 31.2 Å². The number of hydrogen-bond acceptors (Lipinski definition) is 4. The third kappa shape index (κ3) is 4.22. The number of carbonyl (C=O) groups excluding carboxylic acids is 1. The molecule has 0 radical (unpaired) electrons. The summed E-state index contributed by atoms with van der Waals surface area (Å²) in [6.07, 6.45) is 5.29. The third-order valence-corrected chi connectivity index (χ3v) is 7.79. The van der Waals surface area contributed by atoms with E-state index in [2.05, 4.69) is 58.3 Å². The maximum absolute atomic E-state index is 13.1. The number of likely N-dealkylation sites (tertiary alicyclic amines) is 1. The summed E-state index contributed by atoms with van der Waals surface area (Å²) in [6, 6.07) is 19.1. The van der Waals surface area contributed by atoms with Crippen molar-refractivity contribution in [3.8, 4) is 0 Å². The number of nitrogens with zero attached hydrogens (tertiary/aromatic N) is 3. The molecule has 2 aliphatic heterocycles. The van der Waals surface area contributed by atoms with Crippen molar-refractivity contribution in [1.29, 1.82) is 0 Å². The molecule has 2 fully saturated rings. The minimum absolute atomic E-state index is 0.182. The molecule has 3 heterocycles. The number of rotatable bonds is 4. The quantitative estimate of drug-likeness (QED) is 0.597. The smallest absolute Gasteiger partial charge is 0.225 e. The SMILES string of the molecule is O=C(C1CCN(c2nc3ccccc3s2)CC1)N1CCC(Cc2ccccc2)CC1. The van der Waals surface area contributed by atoms with Crippen LogP contribution in [0.15, 0.2) is 54.6 Å². The summed E-state index contributed by atoms with van der Waals surface area (Å²) >= 11 is 1.76. The highest BCUT2D eigenvalue weighted by molar-refractivity contribution is 7.22. The van der Waals surface area contributed by atoms with Crippen molar-refractivity contribution in [3.63, 3.8) is 0 Å². The van der Waals surface area contributed by atoms with Gasteiger partial charge in [0.2, 0.25) is 5.91 Å². The molecule has 0 unspecified atom stereocenters. The first-order valence-corrected chi connectivity index (χ1v) is 12.0. The Morgan fingerprint density at radius 2 is 1.60 bits per heavy atom. The van der Waals surface area contributed by atoms with Crippen molar-refractivity contribution >= 4 is 32.6 Å². The first kappa shape index (κ1) is 19.6. The van der Waals surface area contributed by atoms with E-state index in [1.807, 2.05) is 6.07 Å². The molecule has 5 rings (SSSR count). The largest absolute Gasteiger partial charge is 0.348 e. The molecule has 4 nitrogen and oxygen atoms in total. The topological polar surface area (TPSA) is 36.4 Å². The molecule has 2 aromatic carbocycles. The van der Waals surface area contributed by atoms with Crippen molar-refractivity contribution in [3.05, 3.63) is 60.2 Å². The number of anilines is 1. The maximum atomic E-state index is 13.1. The minimum atomic E-state index is 0.182. The van der Waals surface area contributed by atoms with Crippen LogP contribution in [0.5, 0.6) is 0 Å². The van der Waals surface area contributed by atoms with Crippen molar-refractivity contribution < 1.29 is 4.79 Å². The highest BCUT2D eigenvalue weighted by Gasteiger charge is 2.31. The molecule has 2 saturated heterocycles. The van der Waals surface area contributed by atoms with Crippen LogP contribution in [0, 0.1) is 11.8 Å². The van der Waals surface area contributed by atoms with Crippen molar-refractivity contribution in [2.45, 2.75) is 32.1 Å². The zero-order chi connectivity index (χ0) is 20.3. The van der Waals surface area contributed by atoms with Gasteiger partial charge in [-0.1, -0.05) is 53.8 Å². The summed E-state index contributed by atoms with van der Waals surface area (Å²) in [5.74, 6) is 1.27. The van der Waals surface area contributed by atoms with E-state index in [4.69, 9.17) is 4.98 Å². The van der Waals surface area contributed by atoms with Gasteiger partial charge in [0, 0.05) is 32.1 Å². The van der Waals surface area contributed by atoms with E-state index >= 15 is 0 Å². The molecular weight excluding hydrogens is 390 g/mol. The van der Waals surface area contributed by atoms with E-state index in [-0.39, 0.29) is 5.92 Å². The van der Waals surface area contributed by atoms with Crippen LogP contribution in [0.4, 0.5) is 5.13 Å². The Hall–Kier alpha value is -2.40. The predicted octanol–water partition coefficient (Wildman–Crippen LogP) is 4.99. The Kier molecular flexibility index (Phi) is 5.71. The van der Waals surface area contributed by atoms with E-state index in [9.17, 15) is 4.79 Å². The Bertz CT molecular complexity index is 953. The molecule has 5 heteroatoms. The van der Waals surface area contributed by atoms with Gasteiger partial charge in [-0.05, 0) is 55.7 Å². The first-order chi connectivity index (χ1) is 14.8. The lowest BCUT2D eigenvalue weighted by molar-refractivity contribution is -0.137. The van der Waals surface area contributed by atoms with Gasteiger partial charge in [0.15, 0.2) is 5.13 Å². The molecule has 3 aromatic rings. The lowest BCUT2D eigenvalue weighted by atomic mass is 9.88. The zero-order valence-corrected chi connectivity index (χ0v) is 18.2. The second kappa shape index (κ2) is 8.76. The molecule has 1 aromatic heterocycles. The lowest BCUT2D eigenvalue weighted by Gasteiger charge is -2.37. The number of benzene rings is 2. The van der Waals surface area contributed by atoms with Crippen LogP contribution in [-0.4, -0.2) is 42.0 Å². The number of carbonyl (C=O) groups is 1. The molecule has 0 N–H and O–H groups in total. The molecule has 0 saturated carbocycles. The fraction of sp³-hybridized carbons (Fsp3) is 0.440. The molecule has 30 heavy (non-hydrogen) atoms. The number of piperidine rings is 2. The zero-order valence-electron chi connectivity index (χ0n) is 17.4. The molecule has 0 bridgehead atoms. The van der Waals surface area contributed by atoms with Crippen molar-refractivity contribution in [2.24, 2.45) is 11.8 Å². The first-order valence-electron chi connectivity index (χ1n) is 11.2. The number of hydrogen-bond donors (Lipinski definition) is 0. The minimum Gasteiger partial charge on any atom is -0.348 e. The summed E-state index contributed by atoms with van der Waals surface area (Å²) < 4.78 is 1.24. The van der Waals surface area contributed by atoms with Crippen LogP contribution in [-0.2, 0) is 11.2 Å². The monoisotopic (exact) mass is 419 g/mol. The number of para-hydroxylation sites is 1. The van der Waals surface area contributed by atoms with Gasteiger partial charge in [-0.25, -0.2) is 4.98 Å². The van der Waals surface area contributed by atoms with E-state index in [1.165, 1.54) is 10.3 Å². The lowest BCUT2D eigenvalue weighted by Crippen LogP contribution is -2.45. The molecule has 0 spiro atoms. The Morgan fingerprint density at radius 3 is 2.33 bits per heavy atom. The Labute approximate surface area is 182 Å². The van der Waals surface area contributed by atoms with Gasteiger partial charge in [-0.15, -0.1) is 0 Å². The van der Waals surface area contributed by atoms with Gasteiger partial charge in [0.05, 0.1) is 10.2 Å². The molecule has 156 valence electrons. The second-order valence-electron chi connectivity index (χ2n) is 8.68. The number of fused-ring (bicyclic) bond motifs is 1. The highest BCUT2D eigenvalue weighted by Crippen LogP contribution is 2.32.